The monoisotopic (exact) mass is 347 g/mol. The normalized spacial score (nSPS) is 20.4. The van der Waals surface area contributed by atoms with Crippen LogP contribution in [0.5, 0.6) is 0 Å². The topological polar surface area (TPSA) is 55.8 Å². The second kappa shape index (κ2) is 7.75. The van der Waals surface area contributed by atoms with Crippen molar-refractivity contribution in [1.29, 1.82) is 0 Å². The summed E-state index contributed by atoms with van der Waals surface area (Å²) in [4.78, 5) is 16.8. The van der Waals surface area contributed by atoms with Gasteiger partial charge in [-0.2, -0.15) is 0 Å². The number of hydrogen-bond acceptors (Lipinski definition) is 3. The summed E-state index contributed by atoms with van der Waals surface area (Å²) in [5, 5.41) is 13.2. The molecule has 0 aliphatic carbocycles. The number of aliphatic hydroxyl groups is 1. The van der Waals surface area contributed by atoms with E-state index in [9.17, 15) is 9.90 Å². The third-order valence-electron chi connectivity index (χ3n) is 5.10. The number of amides is 2. The molecule has 2 atom stereocenters. The van der Waals surface area contributed by atoms with Crippen LogP contribution in [-0.4, -0.2) is 58.8 Å². The number of nitrogens with one attached hydrogen (secondary N) is 1. The first-order valence-corrected chi connectivity index (χ1v) is 9.16. The molecule has 0 bridgehead atoms. The number of rotatable bonds is 4. The lowest BCUT2D eigenvalue weighted by Gasteiger charge is -2.42. The van der Waals surface area contributed by atoms with Gasteiger partial charge in [0, 0.05) is 32.2 Å². The van der Waals surface area contributed by atoms with E-state index in [4.69, 9.17) is 0 Å². The molecule has 2 rings (SSSR count). The Kier molecular flexibility index (Phi) is 6.12. The highest BCUT2D eigenvalue weighted by Crippen LogP contribution is 2.21. The molecule has 1 aromatic rings. The Morgan fingerprint density at radius 1 is 1.36 bits per heavy atom. The fraction of sp³-hybridized carbons (Fsp3) is 0.650. The number of β-amino-alcohol motifs (C(OH)–C–C–N with tert-alkyl or cyclic N) is 1. The average molecular weight is 348 g/mol. The molecule has 1 aliphatic rings. The molecule has 1 aliphatic heterocycles. The Balaban J connectivity index is 1.95. The van der Waals surface area contributed by atoms with E-state index in [2.05, 4.69) is 43.1 Å². The minimum Gasteiger partial charge on any atom is -0.389 e. The fourth-order valence-electron chi connectivity index (χ4n) is 3.51. The van der Waals surface area contributed by atoms with Gasteiger partial charge in [-0.1, -0.05) is 18.2 Å². The summed E-state index contributed by atoms with van der Waals surface area (Å²) < 4.78 is 0. The second-order valence-corrected chi connectivity index (χ2v) is 8.04. The van der Waals surface area contributed by atoms with Gasteiger partial charge in [0.2, 0.25) is 0 Å². The van der Waals surface area contributed by atoms with Crippen LogP contribution in [0.3, 0.4) is 0 Å². The highest BCUT2D eigenvalue weighted by molar-refractivity contribution is 5.75. The van der Waals surface area contributed by atoms with Gasteiger partial charge in [0.15, 0.2) is 0 Å². The lowest BCUT2D eigenvalue weighted by atomic mass is 9.98. The summed E-state index contributed by atoms with van der Waals surface area (Å²) in [7, 11) is 0. The molecule has 2 unspecified atom stereocenters. The van der Waals surface area contributed by atoms with E-state index in [-0.39, 0.29) is 18.1 Å². The van der Waals surface area contributed by atoms with Crippen LogP contribution in [0.1, 0.15) is 50.4 Å². The van der Waals surface area contributed by atoms with Crippen molar-refractivity contribution in [2.45, 2.75) is 59.2 Å². The maximum Gasteiger partial charge on any atom is 0.317 e. The van der Waals surface area contributed by atoms with Crippen molar-refractivity contribution in [3.05, 3.63) is 34.9 Å². The standard InChI is InChI=1S/C20H33N3O2/c1-14-8-7-9-18(16(14)3)17(4)21-19(24)22-10-11-23(15(2)12-22)13-20(5,6)25/h7-9,15,17,25H,10-13H2,1-6H3,(H,21,24). The Labute approximate surface area is 152 Å². The average Bonchev–Trinajstić information content (AvgIpc) is 2.50. The van der Waals surface area contributed by atoms with E-state index in [1.807, 2.05) is 31.7 Å². The summed E-state index contributed by atoms with van der Waals surface area (Å²) in [6, 6.07) is 6.42. The quantitative estimate of drug-likeness (QED) is 0.880. The maximum atomic E-state index is 12.7. The number of carbonyl (C=O) groups excluding carboxylic acids is 1. The third kappa shape index (κ3) is 5.19. The maximum absolute atomic E-state index is 12.7. The lowest BCUT2D eigenvalue weighted by Crippen LogP contribution is -2.58. The molecule has 25 heavy (non-hydrogen) atoms. The summed E-state index contributed by atoms with van der Waals surface area (Å²) in [5.41, 5.74) is 2.93. The predicted molar refractivity (Wildman–Crippen MR) is 102 cm³/mol. The van der Waals surface area contributed by atoms with Crippen LogP contribution in [0.15, 0.2) is 18.2 Å². The first-order chi connectivity index (χ1) is 11.6. The first-order valence-electron chi connectivity index (χ1n) is 9.16. The van der Waals surface area contributed by atoms with Crippen LogP contribution in [-0.2, 0) is 0 Å². The van der Waals surface area contributed by atoms with E-state index < -0.39 is 5.60 Å². The second-order valence-electron chi connectivity index (χ2n) is 8.04. The van der Waals surface area contributed by atoms with Crippen molar-refractivity contribution in [3.8, 4) is 0 Å². The number of carbonyl (C=O) groups is 1. The minimum absolute atomic E-state index is 0.0110. The molecule has 0 saturated carbocycles. The molecule has 5 nitrogen and oxygen atoms in total. The van der Waals surface area contributed by atoms with Gasteiger partial charge in [0.05, 0.1) is 11.6 Å². The van der Waals surface area contributed by atoms with E-state index >= 15 is 0 Å². The summed E-state index contributed by atoms with van der Waals surface area (Å²) >= 11 is 0. The Bertz CT molecular complexity index is 609. The molecule has 0 spiro atoms. The van der Waals surface area contributed by atoms with Gasteiger partial charge in [0.25, 0.3) is 0 Å². The zero-order valence-corrected chi connectivity index (χ0v) is 16.5. The Morgan fingerprint density at radius 2 is 2.04 bits per heavy atom. The van der Waals surface area contributed by atoms with Crippen LogP contribution >= 0.6 is 0 Å². The SMILES string of the molecule is Cc1cccc(C(C)NC(=O)N2CCN(CC(C)(C)O)C(C)C2)c1C. The van der Waals surface area contributed by atoms with Crippen LogP contribution in [0.4, 0.5) is 4.79 Å². The number of benzene rings is 1. The molecule has 0 radical (unpaired) electrons. The molecular formula is C20H33N3O2. The van der Waals surface area contributed by atoms with Gasteiger partial charge in [-0.25, -0.2) is 4.79 Å². The van der Waals surface area contributed by atoms with Crippen LogP contribution in [0, 0.1) is 13.8 Å². The van der Waals surface area contributed by atoms with Crippen molar-refractivity contribution in [2.24, 2.45) is 0 Å². The van der Waals surface area contributed by atoms with Crippen molar-refractivity contribution < 1.29 is 9.90 Å². The van der Waals surface area contributed by atoms with Gasteiger partial charge < -0.3 is 15.3 Å². The molecule has 2 N–H and O–H groups in total. The molecule has 2 amide bonds. The minimum atomic E-state index is -0.712. The molecular weight excluding hydrogens is 314 g/mol. The predicted octanol–water partition coefficient (Wildman–Crippen LogP) is 2.85. The fourth-order valence-corrected chi connectivity index (χ4v) is 3.51. The molecule has 0 aromatic heterocycles. The van der Waals surface area contributed by atoms with Crippen LogP contribution in [0.25, 0.3) is 0 Å². The number of piperazine rings is 1. The van der Waals surface area contributed by atoms with E-state index in [0.717, 1.165) is 6.54 Å². The summed E-state index contributed by atoms with van der Waals surface area (Å²) in [5.74, 6) is 0. The number of urea groups is 1. The molecule has 5 heteroatoms. The summed E-state index contributed by atoms with van der Waals surface area (Å²) in [6.07, 6.45) is 0. The highest BCUT2D eigenvalue weighted by atomic mass is 16.3. The smallest absolute Gasteiger partial charge is 0.317 e. The highest BCUT2D eigenvalue weighted by Gasteiger charge is 2.30. The third-order valence-corrected chi connectivity index (χ3v) is 5.10. The number of hydrogen-bond donors (Lipinski definition) is 2. The lowest BCUT2D eigenvalue weighted by molar-refractivity contribution is 0.00280. The van der Waals surface area contributed by atoms with Gasteiger partial charge in [-0.05, 0) is 58.2 Å². The Hall–Kier alpha value is -1.59. The van der Waals surface area contributed by atoms with Gasteiger partial charge in [-0.3, -0.25) is 4.90 Å². The molecule has 1 fully saturated rings. The van der Waals surface area contributed by atoms with Crippen LogP contribution in [0.2, 0.25) is 0 Å². The molecule has 1 heterocycles. The Morgan fingerprint density at radius 3 is 2.64 bits per heavy atom. The zero-order chi connectivity index (χ0) is 18.8. The van der Waals surface area contributed by atoms with Gasteiger partial charge in [-0.15, -0.1) is 0 Å². The molecule has 1 aromatic carbocycles. The van der Waals surface area contributed by atoms with Gasteiger partial charge in [0.1, 0.15) is 0 Å². The van der Waals surface area contributed by atoms with Crippen molar-refractivity contribution >= 4 is 6.03 Å². The zero-order valence-electron chi connectivity index (χ0n) is 16.5. The van der Waals surface area contributed by atoms with Crippen molar-refractivity contribution in [3.63, 3.8) is 0 Å². The van der Waals surface area contributed by atoms with Crippen molar-refractivity contribution in [2.75, 3.05) is 26.2 Å². The van der Waals surface area contributed by atoms with Gasteiger partial charge >= 0.3 is 6.03 Å². The van der Waals surface area contributed by atoms with E-state index in [1.54, 1.807) is 0 Å². The first kappa shape index (κ1) is 19.7. The van der Waals surface area contributed by atoms with Crippen LogP contribution < -0.4 is 5.32 Å². The summed E-state index contributed by atoms with van der Waals surface area (Å²) in [6.45, 7) is 14.8. The molecule has 140 valence electrons. The molecule has 1 saturated heterocycles. The largest absolute Gasteiger partial charge is 0.389 e. The van der Waals surface area contributed by atoms with Crippen molar-refractivity contribution in [1.82, 2.24) is 15.1 Å². The van der Waals surface area contributed by atoms with E-state index in [1.165, 1.54) is 16.7 Å². The van der Waals surface area contributed by atoms with E-state index in [0.29, 0.717) is 19.6 Å². The number of aryl methyl sites for hydroxylation is 1. The number of nitrogens with zero attached hydrogens (tertiary/aromatic N) is 2.